The first kappa shape index (κ1) is 18.5. The molecule has 0 radical (unpaired) electrons. The van der Waals surface area contributed by atoms with E-state index in [9.17, 15) is 9.59 Å². The van der Waals surface area contributed by atoms with Crippen LogP contribution >= 0.6 is 12.4 Å². The number of anilines is 1. The molecule has 1 aromatic rings. The Morgan fingerprint density at radius 1 is 1.18 bits per heavy atom. The van der Waals surface area contributed by atoms with E-state index in [0.29, 0.717) is 11.3 Å². The molecule has 1 aliphatic rings. The summed E-state index contributed by atoms with van der Waals surface area (Å²) in [5, 5.41) is 8.93. The number of hydrogen-bond acceptors (Lipinski definition) is 3. The third-order valence-corrected chi connectivity index (χ3v) is 3.28. The van der Waals surface area contributed by atoms with Crippen LogP contribution in [0, 0.1) is 0 Å². The Labute approximate surface area is 137 Å². The van der Waals surface area contributed by atoms with Gasteiger partial charge in [0.1, 0.15) is 0 Å². The summed E-state index contributed by atoms with van der Waals surface area (Å²) in [5.41, 5.74) is 1.03. The lowest BCUT2D eigenvalue weighted by molar-refractivity contribution is -0.117. The van der Waals surface area contributed by atoms with Gasteiger partial charge >= 0.3 is 0 Å². The zero-order chi connectivity index (χ0) is 15.5. The highest BCUT2D eigenvalue weighted by Gasteiger charge is 2.22. The predicted molar refractivity (Wildman–Crippen MR) is 90.6 cm³/mol. The van der Waals surface area contributed by atoms with Crippen molar-refractivity contribution in [3.8, 4) is 0 Å². The first-order valence-corrected chi connectivity index (χ1v) is 7.32. The molecule has 6 heteroatoms. The van der Waals surface area contributed by atoms with Gasteiger partial charge in [0.05, 0.1) is 6.04 Å². The molecular weight excluding hydrogens is 302 g/mol. The highest BCUT2D eigenvalue weighted by Crippen LogP contribution is 2.13. The summed E-state index contributed by atoms with van der Waals surface area (Å²) >= 11 is 0. The van der Waals surface area contributed by atoms with Crippen LogP contribution in [0.25, 0.3) is 0 Å². The van der Waals surface area contributed by atoms with Crippen LogP contribution < -0.4 is 16.0 Å². The van der Waals surface area contributed by atoms with Crippen molar-refractivity contribution in [2.45, 2.75) is 45.2 Å². The maximum atomic E-state index is 12.0. The lowest BCUT2D eigenvalue weighted by atomic mass is 10.1. The molecule has 1 saturated heterocycles. The van der Waals surface area contributed by atoms with Crippen molar-refractivity contribution >= 4 is 29.9 Å². The van der Waals surface area contributed by atoms with E-state index in [4.69, 9.17) is 0 Å². The Hall–Kier alpha value is -1.59. The minimum absolute atomic E-state index is 0. The van der Waals surface area contributed by atoms with Gasteiger partial charge in [-0.15, -0.1) is 12.4 Å². The van der Waals surface area contributed by atoms with Crippen LogP contribution in [0.2, 0.25) is 0 Å². The third-order valence-electron chi connectivity index (χ3n) is 3.28. The van der Waals surface area contributed by atoms with Gasteiger partial charge in [-0.2, -0.15) is 0 Å². The minimum Gasteiger partial charge on any atom is -0.347 e. The van der Waals surface area contributed by atoms with Crippen molar-refractivity contribution in [1.29, 1.82) is 0 Å². The van der Waals surface area contributed by atoms with Crippen LogP contribution in [0.4, 0.5) is 5.69 Å². The molecule has 0 bridgehead atoms. The maximum Gasteiger partial charge on any atom is 0.251 e. The molecule has 2 rings (SSSR count). The molecule has 122 valence electrons. The van der Waals surface area contributed by atoms with E-state index in [1.165, 1.54) is 0 Å². The Bertz CT molecular complexity index is 517. The first-order chi connectivity index (χ1) is 9.85. The molecular formula is C16H24ClN3O2. The van der Waals surface area contributed by atoms with Gasteiger partial charge in [0.25, 0.3) is 5.91 Å². The smallest absolute Gasteiger partial charge is 0.251 e. The maximum absolute atomic E-state index is 12.0. The van der Waals surface area contributed by atoms with Gasteiger partial charge in [-0.05, 0) is 64.4 Å². The Kier molecular flexibility index (Phi) is 6.38. The average molecular weight is 326 g/mol. The fourth-order valence-corrected chi connectivity index (χ4v) is 2.26. The van der Waals surface area contributed by atoms with Crippen molar-refractivity contribution in [3.05, 3.63) is 29.8 Å². The molecule has 0 aromatic heterocycles. The normalized spacial score (nSPS) is 17.5. The molecule has 1 aromatic carbocycles. The molecule has 2 amide bonds. The van der Waals surface area contributed by atoms with E-state index in [1.807, 2.05) is 20.8 Å². The molecule has 1 atom stereocenters. The summed E-state index contributed by atoms with van der Waals surface area (Å²) in [6, 6.07) is 6.85. The molecule has 1 fully saturated rings. The minimum atomic E-state index is -0.266. The number of halogens is 1. The number of carbonyl (C=O) groups is 2. The number of hydrogen-bond donors (Lipinski definition) is 3. The van der Waals surface area contributed by atoms with Crippen molar-refractivity contribution in [2.24, 2.45) is 0 Å². The largest absolute Gasteiger partial charge is 0.347 e. The monoisotopic (exact) mass is 325 g/mol. The lowest BCUT2D eigenvalue weighted by Crippen LogP contribution is -2.40. The van der Waals surface area contributed by atoms with Crippen molar-refractivity contribution in [3.63, 3.8) is 0 Å². The van der Waals surface area contributed by atoms with E-state index in [-0.39, 0.29) is 35.8 Å². The average Bonchev–Trinajstić information content (AvgIpc) is 2.91. The van der Waals surface area contributed by atoms with Crippen LogP contribution in [0.1, 0.15) is 44.0 Å². The highest BCUT2D eigenvalue weighted by molar-refractivity contribution is 5.97. The third kappa shape index (κ3) is 5.31. The first-order valence-electron chi connectivity index (χ1n) is 7.32. The molecule has 0 aliphatic carbocycles. The van der Waals surface area contributed by atoms with Crippen molar-refractivity contribution < 1.29 is 9.59 Å². The lowest BCUT2D eigenvalue weighted by Gasteiger charge is -2.20. The zero-order valence-electron chi connectivity index (χ0n) is 13.2. The van der Waals surface area contributed by atoms with Gasteiger partial charge in [0, 0.05) is 16.8 Å². The summed E-state index contributed by atoms with van der Waals surface area (Å²) in [4.78, 5) is 24.0. The molecule has 1 heterocycles. The zero-order valence-corrected chi connectivity index (χ0v) is 14.0. The Morgan fingerprint density at radius 2 is 1.82 bits per heavy atom. The van der Waals surface area contributed by atoms with Crippen LogP contribution in [0.15, 0.2) is 24.3 Å². The van der Waals surface area contributed by atoms with Gasteiger partial charge in [-0.25, -0.2) is 0 Å². The van der Waals surface area contributed by atoms with E-state index in [1.54, 1.807) is 24.3 Å². The highest BCUT2D eigenvalue weighted by atomic mass is 35.5. The van der Waals surface area contributed by atoms with E-state index in [0.717, 1.165) is 19.4 Å². The van der Waals surface area contributed by atoms with Gasteiger partial charge in [-0.3, -0.25) is 9.59 Å². The van der Waals surface area contributed by atoms with Crippen LogP contribution in [-0.4, -0.2) is 29.9 Å². The molecule has 0 spiro atoms. The molecule has 3 N–H and O–H groups in total. The summed E-state index contributed by atoms with van der Waals surface area (Å²) in [6.45, 7) is 6.71. The second-order valence-electron chi connectivity index (χ2n) is 6.42. The summed E-state index contributed by atoms with van der Waals surface area (Å²) in [6.07, 6.45) is 1.90. The molecule has 1 aliphatic heterocycles. The number of benzene rings is 1. The number of amides is 2. The van der Waals surface area contributed by atoms with Crippen LogP contribution in [0.5, 0.6) is 0 Å². The van der Waals surface area contributed by atoms with E-state index < -0.39 is 0 Å². The number of nitrogens with one attached hydrogen (secondary N) is 3. The Balaban J connectivity index is 0.00000242. The summed E-state index contributed by atoms with van der Waals surface area (Å²) in [7, 11) is 0. The standard InChI is InChI=1S/C16H23N3O2.ClH/c1-16(2,3)19-14(20)11-6-8-12(9-7-11)18-15(21)13-5-4-10-17-13;/h6-9,13,17H,4-5,10H2,1-3H3,(H,18,21)(H,19,20);1H/t13-;/m0./s1. The van der Waals surface area contributed by atoms with Crippen LogP contribution in [0.3, 0.4) is 0 Å². The van der Waals surface area contributed by atoms with Gasteiger partial charge in [0.2, 0.25) is 5.91 Å². The fraction of sp³-hybridized carbons (Fsp3) is 0.500. The number of carbonyl (C=O) groups excluding carboxylic acids is 2. The second kappa shape index (κ2) is 7.61. The second-order valence-corrected chi connectivity index (χ2v) is 6.42. The summed E-state index contributed by atoms with van der Waals surface area (Å²) in [5.74, 6) is -0.128. The molecule has 22 heavy (non-hydrogen) atoms. The molecule has 5 nitrogen and oxygen atoms in total. The van der Waals surface area contributed by atoms with Crippen molar-refractivity contribution in [1.82, 2.24) is 10.6 Å². The van der Waals surface area contributed by atoms with Gasteiger partial charge < -0.3 is 16.0 Å². The fourth-order valence-electron chi connectivity index (χ4n) is 2.26. The summed E-state index contributed by atoms with van der Waals surface area (Å²) < 4.78 is 0. The van der Waals surface area contributed by atoms with Crippen molar-refractivity contribution in [2.75, 3.05) is 11.9 Å². The number of rotatable bonds is 3. The van der Waals surface area contributed by atoms with Gasteiger partial charge in [0.15, 0.2) is 0 Å². The predicted octanol–water partition coefficient (Wildman–Crippen LogP) is 2.33. The van der Waals surface area contributed by atoms with Crippen LogP contribution in [-0.2, 0) is 4.79 Å². The van der Waals surface area contributed by atoms with E-state index >= 15 is 0 Å². The molecule has 0 saturated carbocycles. The quantitative estimate of drug-likeness (QED) is 0.798. The topological polar surface area (TPSA) is 70.2 Å². The van der Waals surface area contributed by atoms with E-state index in [2.05, 4.69) is 16.0 Å². The molecule has 0 unspecified atom stereocenters. The Morgan fingerprint density at radius 3 is 2.32 bits per heavy atom. The SMILES string of the molecule is CC(C)(C)NC(=O)c1ccc(NC(=O)[C@@H]2CCCN2)cc1.Cl. The van der Waals surface area contributed by atoms with Gasteiger partial charge in [-0.1, -0.05) is 0 Å².